The lowest BCUT2D eigenvalue weighted by Gasteiger charge is -2.06. The molecule has 8 heteroatoms. The van der Waals surface area contributed by atoms with Crippen molar-refractivity contribution in [3.8, 4) is 0 Å². The van der Waals surface area contributed by atoms with E-state index in [-0.39, 0.29) is 17.2 Å². The standard InChI is InChI=1S/C12H9Cl2N3O2S/c13-7-3-8(14)5-9(4-7)16-11(19)6-20-12-15-2-1-10(18)17-12/h1-5H,6H2,(H,16,19)(H,15,17,18). The SMILES string of the molecule is O=C(CSc1nccc(=O)[nH]1)Nc1cc(Cl)cc(Cl)c1. The van der Waals surface area contributed by atoms with Crippen LogP contribution in [-0.4, -0.2) is 21.6 Å². The number of hydrogen-bond acceptors (Lipinski definition) is 4. The lowest BCUT2D eigenvalue weighted by atomic mass is 10.3. The van der Waals surface area contributed by atoms with Gasteiger partial charge >= 0.3 is 0 Å². The number of carbonyl (C=O) groups is 1. The van der Waals surface area contributed by atoms with Gasteiger partial charge in [0.25, 0.3) is 5.56 Å². The number of aromatic nitrogens is 2. The van der Waals surface area contributed by atoms with E-state index in [1.807, 2.05) is 0 Å². The molecule has 1 aromatic heterocycles. The van der Waals surface area contributed by atoms with Crippen molar-refractivity contribution in [3.05, 3.63) is 50.9 Å². The Balaban J connectivity index is 1.94. The molecule has 104 valence electrons. The van der Waals surface area contributed by atoms with E-state index in [0.717, 1.165) is 11.8 Å². The minimum Gasteiger partial charge on any atom is -0.325 e. The first-order valence-corrected chi connectivity index (χ1v) is 7.21. The third-order valence-corrected chi connectivity index (χ3v) is 3.46. The molecule has 1 aromatic carbocycles. The van der Waals surface area contributed by atoms with E-state index in [0.29, 0.717) is 20.9 Å². The maximum Gasteiger partial charge on any atom is 0.251 e. The zero-order valence-electron chi connectivity index (χ0n) is 10.0. The first kappa shape index (κ1) is 14.9. The number of nitrogens with one attached hydrogen (secondary N) is 2. The van der Waals surface area contributed by atoms with Crippen molar-refractivity contribution >= 4 is 46.6 Å². The van der Waals surface area contributed by atoms with Gasteiger partial charge in [-0.2, -0.15) is 0 Å². The van der Waals surface area contributed by atoms with Gasteiger partial charge in [0.15, 0.2) is 5.16 Å². The smallest absolute Gasteiger partial charge is 0.251 e. The van der Waals surface area contributed by atoms with Crippen molar-refractivity contribution in [2.24, 2.45) is 0 Å². The molecular weight excluding hydrogens is 321 g/mol. The van der Waals surface area contributed by atoms with Crippen LogP contribution in [0.15, 0.2) is 40.4 Å². The van der Waals surface area contributed by atoms with E-state index in [2.05, 4.69) is 15.3 Å². The fourth-order valence-electron chi connectivity index (χ4n) is 1.38. The number of hydrogen-bond donors (Lipinski definition) is 2. The van der Waals surface area contributed by atoms with Crippen LogP contribution >= 0.6 is 35.0 Å². The van der Waals surface area contributed by atoms with Crippen LogP contribution in [0.1, 0.15) is 0 Å². The zero-order valence-corrected chi connectivity index (χ0v) is 12.4. The summed E-state index contributed by atoms with van der Waals surface area (Å²) in [6.45, 7) is 0. The highest BCUT2D eigenvalue weighted by atomic mass is 35.5. The second-order valence-corrected chi connectivity index (χ2v) is 5.57. The first-order valence-electron chi connectivity index (χ1n) is 5.47. The number of amides is 1. The summed E-state index contributed by atoms with van der Waals surface area (Å²) in [6, 6.07) is 6.07. The van der Waals surface area contributed by atoms with Gasteiger partial charge in [-0.1, -0.05) is 35.0 Å². The number of carbonyl (C=O) groups excluding carboxylic acids is 1. The molecule has 2 aromatic rings. The van der Waals surface area contributed by atoms with Crippen LogP contribution in [0.2, 0.25) is 10.0 Å². The van der Waals surface area contributed by atoms with Gasteiger partial charge in [0.1, 0.15) is 0 Å². The van der Waals surface area contributed by atoms with Gasteiger partial charge in [-0.25, -0.2) is 4.98 Å². The fraction of sp³-hybridized carbons (Fsp3) is 0.0833. The molecule has 1 heterocycles. The van der Waals surface area contributed by atoms with Crippen molar-refractivity contribution in [2.75, 3.05) is 11.1 Å². The van der Waals surface area contributed by atoms with Crippen molar-refractivity contribution in [3.63, 3.8) is 0 Å². The molecule has 0 aliphatic rings. The summed E-state index contributed by atoms with van der Waals surface area (Å²) in [4.78, 5) is 29.3. The Morgan fingerprint density at radius 3 is 2.65 bits per heavy atom. The summed E-state index contributed by atoms with van der Waals surface area (Å²) in [6.07, 6.45) is 1.38. The molecule has 2 rings (SSSR count). The van der Waals surface area contributed by atoms with Crippen LogP contribution in [0.25, 0.3) is 0 Å². The number of benzene rings is 1. The normalized spacial score (nSPS) is 10.3. The number of halogens is 2. The first-order chi connectivity index (χ1) is 9.52. The Kier molecular flexibility index (Phi) is 5.05. The van der Waals surface area contributed by atoms with E-state index in [4.69, 9.17) is 23.2 Å². The van der Waals surface area contributed by atoms with E-state index in [1.54, 1.807) is 18.2 Å². The summed E-state index contributed by atoms with van der Waals surface area (Å²) in [5.74, 6) is -0.142. The topological polar surface area (TPSA) is 74.8 Å². The van der Waals surface area contributed by atoms with E-state index >= 15 is 0 Å². The second-order valence-electron chi connectivity index (χ2n) is 3.73. The van der Waals surface area contributed by atoms with Gasteiger partial charge in [-0.05, 0) is 18.2 Å². The minimum atomic E-state index is -0.260. The molecule has 0 radical (unpaired) electrons. The zero-order chi connectivity index (χ0) is 14.5. The molecule has 0 unspecified atom stereocenters. The van der Waals surface area contributed by atoms with Crippen molar-refractivity contribution < 1.29 is 4.79 Å². The summed E-state index contributed by atoms with van der Waals surface area (Å²) in [5.41, 5.74) is 0.257. The van der Waals surface area contributed by atoms with Gasteiger partial charge < -0.3 is 10.3 Å². The molecule has 0 spiro atoms. The Morgan fingerprint density at radius 2 is 2.00 bits per heavy atom. The lowest BCUT2D eigenvalue weighted by molar-refractivity contribution is -0.113. The molecule has 0 atom stereocenters. The van der Waals surface area contributed by atoms with Crippen LogP contribution in [0.4, 0.5) is 5.69 Å². The van der Waals surface area contributed by atoms with Crippen molar-refractivity contribution in [1.82, 2.24) is 9.97 Å². The van der Waals surface area contributed by atoms with Crippen molar-refractivity contribution in [2.45, 2.75) is 5.16 Å². The minimum absolute atomic E-state index is 0.108. The molecule has 20 heavy (non-hydrogen) atoms. The van der Waals surface area contributed by atoms with Gasteiger partial charge in [-0.15, -0.1) is 0 Å². The maximum absolute atomic E-state index is 11.8. The molecule has 0 fully saturated rings. The van der Waals surface area contributed by atoms with Crippen molar-refractivity contribution in [1.29, 1.82) is 0 Å². The van der Waals surface area contributed by atoms with Crippen LogP contribution in [-0.2, 0) is 4.79 Å². The van der Waals surface area contributed by atoms with Crippen LogP contribution in [0.3, 0.4) is 0 Å². The average Bonchev–Trinajstić information content (AvgIpc) is 2.35. The van der Waals surface area contributed by atoms with E-state index in [9.17, 15) is 9.59 Å². The third-order valence-electron chi connectivity index (χ3n) is 2.13. The molecule has 5 nitrogen and oxygen atoms in total. The number of rotatable bonds is 4. The number of thioether (sulfide) groups is 1. The predicted molar refractivity (Wildman–Crippen MR) is 80.7 cm³/mol. The van der Waals surface area contributed by atoms with Gasteiger partial charge in [0.2, 0.25) is 5.91 Å². The van der Waals surface area contributed by atoms with Gasteiger partial charge in [-0.3, -0.25) is 9.59 Å². The third kappa shape index (κ3) is 4.56. The predicted octanol–water partition coefficient (Wildman–Crippen LogP) is 2.81. The number of nitrogens with zero attached hydrogens (tertiary/aromatic N) is 1. The second kappa shape index (κ2) is 6.78. The lowest BCUT2D eigenvalue weighted by Crippen LogP contribution is -2.15. The highest BCUT2D eigenvalue weighted by Crippen LogP contribution is 2.22. The Hall–Kier alpha value is -1.50. The Morgan fingerprint density at radius 1 is 1.30 bits per heavy atom. The molecule has 2 N–H and O–H groups in total. The summed E-state index contributed by atoms with van der Waals surface area (Å²) >= 11 is 12.8. The maximum atomic E-state index is 11.8. The molecule has 0 bridgehead atoms. The highest BCUT2D eigenvalue weighted by molar-refractivity contribution is 7.99. The molecular formula is C12H9Cl2N3O2S. The molecule has 0 saturated carbocycles. The number of H-pyrrole nitrogens is 1. The Labute approximate surface area is 128 Å². The fourth-order valence-corrected chi connectivity index (χ4v) is 2.56. The number of anilines is 1. The summed E-state index contributed by atoms with van der Waals surface area (Å²) in [7, 11) is 0. The van der Waals surface area contributed by atoms with Gasteiger partial charge in [0.05, 0.1) is 5.75 Å². The quantitative estimate of drug-likeness (QED) is 0.668. The molecule has 1 amide bonds. The van der Waals surface area contributed by atoms with E-state index in [1.165, 1.54) is 12.3 Å². The van der Waals surface area contributed by atoms with E-state index < -0.39 is 0 Å². The molecule has 0 aliphatic carbocycles. The Bertz CT molecular complexity index is 670. The monoisotopic (exact) mass is 329 g/mol. The largest absolute Gasteiger partial charge is 0.325 e. The molecule has 0 saturated heterocycles. The average molecular weight is 330 g/mol. The summed E-state index contributed by atoms with van der Waals surface area (Å²) in [5, 5.41) is 3.92. The summed E-state index contributed by atoms with van der Waals surface area (Å²) < 4.78 is 0. The number of aromatic amines is 1. The van der Waals surface area contributed by atoms with Crippen LogP contribution < -0.4 is 10.9 Å². The van der Waals surface area contributed by atoms with Crippen LogP contribution in [0, 0.1) is 0 Å². The molecule has 0 aliphatic heterocycles. The highest BCUT2D eigenvalue weighted by Gasteiger charge is 2.06. The van der Waals surface area contributed by atoms with Gasteiger partial charge in [0, 0.05) is 28.0 Å². The van der Waals surface area contributed by atoms with Crippen LogP contribution in [0.5, 0.6) is 0 Å².